The maximum atomic E-state index is 12.8. The first kappa shape index (κ1) is 73.8. The fourth-order valence-corrected chi connectivity index (χ4v) is 8.20. The van der Waals surface area contributed by atoms with Crippen molar-refractivity contribution in [3.05, 3.63) is 179 Å². The van der Waals surface area contributed by atoms with Gasteiger partial charge in [-0.3, -0.25) is 29.4 Å². The van der Waals surface area contributed by atoms with Crippen molar-refractivity contribution in [1.29, 1.82) is 15.9 Å². The molecule has 0 radical (unpaired) electrons. The molecule has 11 N–H and O–H groups in total. The van der Waals surface area contributed by atoms with Gasteiger partial charge in [-0.2, -0.15) is 10.5 Å². The number of aliphatic hydroxyl groups is 3. The zero-order valence-electron chi connectivity index (χ0n) is 49.2. The fraction of sp³-hybridized carbons (Fsp3) is 0.286. The van der Waals surface area contributed by atoms with Crippen molar-refractivity contribution in [2.75, 3.05) is 75.9 Å². The Labute approximate surface area is 540 Å². The Hall–Kier alpha value is -8.69. The number of rotatable bonds is 12. The van der Waals surface area contributed by atoms with Crippen LogP contribution in [0.3, 0.4) is 0 Å². The third-order valence-corrected chi connectivity index (χ3v) is 12.8. The van der Waals surface area contributed by atoms with E-state index in [0.29, 0.717) is 70.4 Å². The first-order valence-electron chi connectivity index (χ1n) is 27.3. The quantitative estimate of drug-likeness (QED) is 0.0254. The van der Waals surface area contributed by atoms with Crippen molar-refractivity contribution >= 4 is 122 Å². The van der Waals surface area contributed by atoms with E-state index in [2.05, 4.69) is 10.6 Å². The van der Waals surface area contributed by atoms with Crippen LogP contribution in [0.1, 0.15) is 40.3 Å². The molecule has 6 aromatic carbocycles. The lowest BCUT2D eigenvalue weighted by Crippen LogP contribution is -2.55. The van der Waals surface area contributed by atoms with E-state index < -0.39 is 72.1 Å². The molecule has 27 heteroatoms. The number of amidine groups is 1. The molecular formula is C63H68Cl4N10O13. The summed E-state index contributed by atoms with van der Waals surface area (Å²) in [7, 11) is 0. The summed E-state index contributed by atoms with van der Waals surface area (Å²) in [6.07, 6.45) is -9.08. The largest absolute Gasteiger partial charge is 0.479 e. The molecule has 476 valence electrons. The number of aliphatic carboxylic acids is 1. The molecule has 0 saturated carbocycles. The van der Waals surface area contributed by atoms with E-state index in [-0.39, 0.29) is 35.8 Å². The molecule has 5 amide bonds. The van der Waals surface area contributed by atoms with E-state index in [0.717, 1.165) is 16.7 Å². The van der Waals surface area contributed by atoms with Crippen molar-refractivity contribution in [2.45, 2.75) is 69.2 Å². The number of ether oxygens (including phenoxy) is 3. The number of carbonyl (C=O) groups excluding carboxylic acids is 5. The number of nitriles is 2. The zero-order valence-corrected chi connectivity index (χ0v) is 52.2. The molecule has 6 atom stereocenters. The van der Waals surface area contributed by atoms with Gasteiger partial charge >= 0.3 is 5.97 Å². The average molecular weight is 1320 g/mol. The number of carboxylic acids is 1. The number of nitrogen functional groups attached to an aromatic ring is 2. The molecule has 3 aliphatic rings. The van der Waals surface area contributed by atoms with Crippen LogP contribution in [-0.4, -0.2) is 148 Å². The highest BCUT2D eigenvalue weighted by atomic mass is 35.5. The van der Waals surface area contributed by atoms with Crippen molar-refractivity contribution in [3.8, 4) is 12.1 Å². The predicted octanol–water partition coefficient (Wildman–Crippen LogP) is 7.15. The Balaban J connectivity index is 0.000000259. The highest BCUT2D eigenvalue weighted by molar-refractivity contribution is 6.43. The smallest absolute Gasteiger partial charge is 0.335 e. The number of carbonyl (C=O) groups is 6. The molecule has 23 nitrogen and oxygen atoms in total. The number of amides is 5. The van der Waals surface area contributed by atoms with E-state index in [1.807, 2.05) is 93.6 Å². The average Bonchev–Trinajstić information content (AvgIpc) is 1.06. The van der Waals surface area contributed by atoms with Crippen LogP contribution in [0.4, 0.5) is 34.1 Å². The van der Waals surface area contributed by atoms with Gasteiger partial charge < -0.3 is 71.4 Å². The van der Waals surface area contributed by atoms with Gasteiger partial charge in [0.05, 0.1) is 48.4 Å². The number of hydrogen-bond donors (Lipinski definition) is 9. The van der Waals surface area contributed by atoms with Gasteiger partial charge in [0.15, 0.2) is 36.6 Å². The standard InChI is InChI=1S/C20H22N4O4.C20H19N3O4.C13H15NO5.C7H6N2.C2H4Cl2.CH2Cl2/c1-12-2-8-15(9-3-12)24-10-11-28-17(20(24)27)16(25)19(26)23-14-6-4-13(5-7-14)18(21)22;1-13-2-8-16(9-3-13)23-10-11-27-18(20(23)26)17(24)19(25)22-15-6-4-14(12-21)5-7-15;1-8-2-4-9(5-3-8)14-6-7-19-11(12(14)16)10(15)13(17)18;8-5-6-1-3-7(9)4-2-6;1-2(3)4;2-1-3/h2-9,16-17,25H,10-11H2,1H3,(H3,21,22)(H,23,26);2-9,17-18,24H,10-11H2,1H3,(H,22,25);2-5,10-11,15H,6-7H2,1H3,(H,17,18);1-4H,9H2;2H,1H3;1H2. The predicted molar refractivity (Wildman–Crippen MR) is 345 cm³/mol. The molecule has 0 aromatic heterocycles. The van der Waals surface area contributed by atoms with Crippen molar-refractivity contribution in [1.82, 2.24) is 0 Å². The van der Waals surface area contributed by atoms with Gasteiger partial charge in [-0.15, -0.1) is 46.4 Å². The normalized spacial score (nSPS) is 16.8. The van der Waals surface area contributed by atoms with Crippen LogP contribution in [0.5, 0.6) is 0 Å². The van der Waals surface area contributed by atoms with Gasteiger partial charge in [0.1, 0.15) is 10.7 Å². The number of nitrogens with zero attached hydrogens (tertiary/aromatic N) is 5. The highest BCUT2D eigenvalue weighted by Gasteiger charge is 2.42. The second-order valence-electron chi connectivity index (χ2n) is 19.5. The Bertz CT molecular complexity index is 3410. The number of halogens is 4. The summed E-state index contributed by atoms with van der Waals surface area (Å²) in [6.45, 7) is 9.18. The number of benzene rings is 6. The number of nitrogens with one attached hydrogen (secondary N) is 3. The summed E-state index contributed by atoms with van der Waals surface area (Å²) in [6, 6.07) is 45.3. The monoisotopic (exact) mass is 1310 g/mol. The topological polar surface area (TPSA) is 368 Å². The number of carboxylic acid groups (broad SMARTS) is 1. The maximum absolute atomic E-state index is 12.8. The number of alkyl halides is 4. The van der Waals surface area contributed by atoms with Crippen molar-refractivity contribution in [2.24, 2.45) is 5.73 Å². The van der Waals surface area contributed by atoms with E-state index in [4.69, 9.17) is 93.1 Å². The molecule has 0 aliphatic carbocycles. The van der Waals surface area contributed by atoms with Crippen LogP contribution in [0.15, 0.2) is 146 Å². The summed E-state index contributed by atoms with van der Waals surface area (Å²) in [5, 5.41) is 68.7. The van der Waals surface area contributed by atoms with Crippen LogP contribution in [0, 0.1) is 48.8 Å². The molecule has 0 spiro atoms. The third kappa shape index (κ3) is 23.0. The van der Waals surface area contributed by atoms with Crippen molar-refractivity contribution in [3.63, 3.8) is 0 Å². The summed E-state index contributed by atoms with van der Waals surface area (Å²) in [4.78, 5) is 77.3. The van der Waals surface area contributed by atoms with Crippen molar-refractivity contribution < 1.29 is 63.4 Å². The minimum atomic E-state index is -1.85. The van der Waals surface area contributed by atoms with Gasteiger partial charge in [0.2, 0.25) is 0 Å². The lowest BCUT2D eigenvalue weighted by atomic mass is 10.1. The molecular weight excluding hydrogens is 1250 g/mol. The number of aryl methyl sites for hydroxylation is 3. The third-order valence-electron chi connectivity index (χ3n) is 12.8. The Morgan fingerprint density at radius 2 is 0.844 bits per heavy atom. The van der Waals surface area contributed by atoms with Crippen LogP contribution in [0.25, 0.3) is 0 Å². The van der Waals surface area contributed by atoms with Crippen LogP contribution < -0.4 is 36.8 Å². The zero-order chi connectivity index (χ0) is 66.6. The van der Waals surface area contributed by atoms with E-state index >= 15 is 0 Å². The molecule has 90 heavy (non-hydrogen) atoms. The number of morpholine rings is 3. The van der Waals surface area contributed by atoms with Gasteiger partial charge in [-0.05, 0) is 137 Å². The molecule has 3 fully saturated rings. The molecule has 3 heterocycles. The Kier molecular flexibility index (Phi) is 30.6. The SMILES string of the molecule is CC(Cl)Cl.Cc1ccc(N2CCOC(C(O)C(=O)Nc3ccc(C#N)cc3)C2=O)cc1.Cc1ccc(N2CCOC(C(O)C(=O)Nc3ccc(C(=N)N)cc3)C2=O)cc1.Cc1ccc(N2CCOC(C(O)C(=O)O)C2=O)cc1.ClCCl.N#Cc1ccc(N)cc1. The van der Waals surface area contributed by atoms with Crippen LogP contribution in [-0.2, 0) is 43.0 Å². The van der Waals surface area contributed by atoms with Gasteiger partial charge in [-0.25, -0.2) is 4.79 Å². The van der Waals surface area contributed by atoms with Crippen LogP contribution >= 0.6 is 46.4 Å². The lowest BCUT2D eigenvalue weighted by molar-refractivity contribution is -0.163. The van der Waals surface area contributed by atoms with Gasteiger partial charge in [0, 0.05) is 59.3 Å². The summed E-state index contributed by atoms with van der Waals surface area (Å²) in [5.74, 6) is -4.52. The maximum Gasteiger partial charge on any atom is 0.335 e. The molecule has 9 rings (SSSR count). The highest BCUT2D eigenvalue weighted by Crippen LogP contribution is 2.25. The molecule has 0 bridgehead atoms. The summed E-state index contributed by atoms with van der Waals surface area (Å²) in [5.41, 5.74) is 19.1. The fourth-order valence-electron chi connectivity index (χ4n) is 8.20. The number of aliphatic hydroxyl groups excluding tert-OH is 3. The van der Waals surface area contributed by atoms with E-state index in [1.165, 1.54) is 14.7 Å². The minimum Gasteiger partial charge on any atom is -0.479 e. The van der Waals surface area contributed by atoms with Crippen LogP contribution in [0.2, 0.25) is 0 Å². The summed E-state index contributed by atoms with van der Waals surface area (Å²) >= 11 is 19.6. The molecule has 3 saturated heterocycles. The Morgan fingerprint density at radius 3 is 1.12 bits per heavy atom. The van der Waals surface area contributed by atoms with Gasteiger partial charge in [0.25, 0.3) is 29.5 Å². The second-order valence-corrected chi connectivity index (χ2v) is 21.9. The number of anilines is 6. The van der Waals surface area contributed by atoms with E-state index in [9.17, 15) is 44.1 Å². The molecule has 6 aromatic rings. The first-order chi connectivity index (χ1) is 42.8. The Morgan fingerprint density at radius 1 is 0.567 bits per heavy atom. The minimum absolute atomic E-state index is 0.0877. The molecule has 3 aliphatic heterocycles. The number of nitrogens with two attached hydrogens (primary N) is 2. The van der Waals surface area contributed by atoms with E-state index in [1.54, 1.807) is 91.9 Å². The second kappa shape index (κ2) is 37.3. The lowest BCUT2D eigenvalue weighted by Gasteiger charge is -2.34. The van der Waals surface area contributed by atoms with Gasteiger partial charge in [-0.1, -0.05) is 53.1 Å². The number of hydrogen-bond acceptors (Lipinski definition) is 16. The summed E-state index contributed by atoms with van der Waals surface area (Å²) < 4.78 is 15.8. The molecule has 6 unspecified atom stereocenters. The first-order valence-corrected chi connectivity index (χ1v) is 29.3.